The lowest BCUT2D eigenvalue weighted by molar-refractivity contribution is -0.122. The van der Waals surface area contributed by atoms with Crippen molar-refractivity contribution in [2.45, 2.75) is 25.9 Å². The molecule has 0 saturated carbocycles. The van der Waals surface area contributed by atoms with E-state index in [1.807, 2.05) is 41.1 Å². The van der Waals surface area contributed by atoms with Gasteiger partial charge in [0.2, 0.25) is 0 Å². The average Bonchev–Trinajstić information content (AvgIpc) is 3.30. The van der Waals surface area contributed by atoms with Crippen LogP contribution in [0.15, 0.2) is 42.6 Å². The molecule has 1 aliphatic rings. The molecule has 0 aliphatic carbocycles. The molecule has 4 rings (SSSR count). The van der Waals surface area contributed by atoms with Crippen LogP contribution in [0, 0.1) is 6.92 Å². The van der Waals surface area contributed by atoms with Gasteiger partial charge in [-0.2, -0.15) is 5.10 Å². The Kier molecular flexibility index (Phi) is 3.56. The van der Waals surface area contributed by atoms with Gasteiger partial charge >= 0.3 is 0 Å². The first-order valence-electron chi connectivity index (χ1n) is 7.85. The van der Waals surface area contributed by atoms with Crippen molar-refractivity contribution in [2.24, 2.45) is 0 Å². The van der Waals surface area contributed by atoms with E-state index >= 15 is 0 Å². The summed E-state index contributed by atoms with van der Waals surface area (Å²) in [7, 11) is 0. The van der Waals surface area contributed by atoms with Crippen LogP contribution < -0.4 is 4.90 Å². The molecule has 1 amide bonds. The summed E-state index contributed by atoms with van der Waals surface area (Å²) in [5.74, 6) is 1.43. The minimum Gasteiger partial charge on any atom is -0.293 e. The number of fused-ring (bicyclic) bond motifs is 1. The first kappa shape index (κ1) is 14.6. The van der Waals surface area contributed by atoms with Crippen LogP contribution in [-0.4, -0.2) is 42.4 Å². The second kappa shape index (κ2) is 5.88. The molecule has 0 spiro atoms. The Morgan fingerprint density at radius 2 is 2.04 bits per heavy atom. The number of benzene rings is 1. The molecule has 0 bridgehead atoms. The molecule has 1 aromatic carbocycles. The first-order chi connectivity index (χ1) is 11.7. The molecule has 8 nitrogen and oxygen atoms in total. The van der Waals surface area contributed by atoms with Crippen molar-refractivity contribution in [3.63, 3.8) is 0 Å². The smallest absolute Gasteiger partial charge is 0.253 e. The molecule has 0 fully saturated rings. The quantitative estimate of drug-likeness (QED) is 0.716. The number of carbonyl (C=O) groups is 1. The minimum absolute atomic E-state index is 0.0199. The summed E-state index contributed by atoms with van der Waals surface area (Å²) < 4.78 is 3.44. The SMILES string of the molecule is Cc1nnnn1C(Cc1ccccc1)C(=O)N1CCn2nccc21. The summed E-state index contributed by atoms with van der Waals surface area (Å²) in [6, 6.07) is 11.3. The van der Waals surface area contributed by atoms with Crippen molar-refractivity contribution in [1.29, 1.82) is 0 Å². The van der Waals surface area contributed by atoms with Crippen LogP contribution in [0.4, 0.5) is 5.82 Å². The Balaban J connectivity index is 1.68. The second-order valence-corrected chi connectivity index (χ2v) is 5.78. The van der Waals surface area contributed by atoms with E-state index in [0.29, 0.717) is 25.3 Å². The molecule has 1 aliphatic heterocycles. The van der Waals surface area contributed by atoms with E-state index in [9.17, 15) is 4.79 Å². The summed E-state index contributed by atoms with van der Waals surface area (Å²) >= 11 is 0. The number of tetrazole rings is 1. The molecule has 3 aromatic rings. The van der Waals surface area contributed by atoms with E-state index in [1.165, 1.54) is 0 Å². The van der Waals surface area contributed by atoms with E-state index in [4.69, 9.17) is 0 Å². The zero-order chi connectivity index (χ0) is 16.5. The standard InChI is InChI=1S/C16H17N7O/c1-12-18-19-20-23(12)14(11-13-5-3-2-4-6-13)16(24)21-9-10-22-15(21)7-8-17-22/h2-8,14H,9-11H2,1H3. The molecular weight excluding hydrogens is 306 g/mol. The molecule has 3 heterocycles. The topological polar surface area (TPSA) is 81.7 Å². The lowest BCUT2D eigenvalue weighted by atomic mass is 10.0. The lowest BCUT2D eigenvalue weighted by Gasteiger charge is -2.23. The van der Waals surface area contributed by atoms with Crippen LogP contribution in [0.2, 0.25) is 0 Å². The van der Waals surface area contributed by atoms with E-state index in [1.54, 1.807) is 22.7 Å². The van der Waals surface area contributed by atoms with Crippen LogP contribution >= 0.6 is 0 Å². The number of aryl methyl sites for hydroxylation is 1. The maximum absolute atomic E-state index is 13.2. The number of carbonyl (C=O) groups excluding carboxylic acids is 1. The Hall–Kier alpha value is -3.03. The van der Waals surface area contributed by atoms with Crippen molar-refractivity contribution >= 4 is 11.7 Å². The Bertz CT molecular complexity index is 854. The number of aromatic nitrogens is 6. The fourth-order valence-corrected chi connectivity index (χ4v) is 3.08. The van der Waals surface area contributed by atoms with E-state index in [-0.39, 0.29) is 5.91 Å². The minimum atomic E-state index is -0.483. The van der Waals surface area contributed by atoms with E-state index in [0.717, 1.165) is 11.4 Å². The molecule has 8 heteroatoms. The Morgan fingerprint density at radius 1 is 1.21 bits per heavy atom. The fourth-order valence-electron chi connectivity index (χ4n) is 3.08. The number of anilines is 1. The third-order valence-corrected chi connectivity index (χ3v) is 4.28. The van der Waals surface area contributed by atoms with Crippen LogP contribution in [0.3, 0.4) is 0 Å². The van der Waals surface area contributed by atoms with Crippen molar-refractivity contribution in [1.82, 2.24) is 30.0 Å². The van der Waals surface area contributed by atoms with Gasteiger partial charge in [0.1, 0.15) is 17.7 Å². The second-order valence-electron chi connectivity index (χ2n) is 5.78. The van der Waals surface area contributed by atoms with E-state index < -0.39 is 6.04 Å². The predicted molar refractivity (Wildman–Crippen MR) is 86.3 cm³/mol. The lowest BCUT2D eigenvalue weighted by Crippen LogP contribution is -2.38. The number of hydrogen-bond donors (Lipinski definition) is 0. The largest absolute Gasteiger partial charge is 0.293 e. The Morgan fingerprint density at radius 3 is 2.79 bits per heavy atom. The van der Waals surface area contributed by atoms with Crippen LogP contribution in [0.1, 0.15) is 17.4 Å². The van der Waals surface area contributed by atoms with Crippen molar-refractivity contribution < 1.29 is 4.79 Å². The maximum Gasteiger partial charge on any atom is 0.253 e. The van der Waals surface area contributed by atoms with Gasteiger partial charge in [0, 0.05) is 19.0 Å². The predicted octanol–water partition coefficient (Wildman–Crippen LogP) is 1.01. The summed E-state index contributed by atoms with van der Waals surface area (Å²) in [5.41, 5.74) is 1.07. The number of rotatable bonds is 4. The molecule has 122 valence electrons. The van der Waals surface area contributed by atoms with Gasteiger partial charge in [-0.1, -0.05) is 30.3 Å². The van der Waals surface area contributed by atoms with Gasteiger partial charge in [-0.15, -0.1) is 5.10 Å². The van der Waals surface area contributed by atoms with Gasteiger partial charge in [0.15, 0.2) is 0 Å². The first-order valence-corrected chi connectivity index (χ1v) is 7.85. The highest BCUT2D eigenvalue weighted by atomic mass is 16.2. The molecule has 0 N–H and O–H groups in total. The monoisotopic (exact) mass is 323 g/mol. The van der Waals surface area contributed by atoms with Gasteiger partial charge in [0.05, 0.1) is 12.7 Å². The summed E-state index contributed by atoms with van der Waals surface area (Å²) in [6.45, 7) is 3.13. The molecule has 1 atom stereocenters. The average molecular weight is 323 g/mol. The maximum atomic E-state index is 13.2. The zero-order valence-electron chi connectivity index (χ0n) is 13.3. The molecule has 2 aromatic heterocycles. The van der Waals surface area contributed by atoms with Gasteiger partial charge in [-0.25, -0.2) is 9.36 Å². The van der Waals surface area contributed by atoms with Crippen LogP contribution in [0.25, 0.3) is 0 Å². The van der Waals surface area contributed by atoms with Crippen LogP contribution in [-0.2, 0) is 17.8 Å². The summed E-state index contributed by atoms with van der Waals surface area (Å²) in [5, 5.41) is 15.9. The molecule has 0 radical (unpaired) electrons. The normalized spacial score (nSPS) is 14.6. The van der Waals surface area contributed by atoms with E-state index in [2.05, 4.69) is 20.6 Å². The third kappa shape index (κ3) is 2.45. The van der Waals surface area contributed by atoms with Gasteiger partial charge in [-0.05, 0) is 22.9 Å². The highest BCUT2D eigenvalue weighted by molar-refractivity contribution is 5.96. The fraction of sp³-hybridized carbons (Fsp3) is 0.312. The molecule has 24 heavy (non-hydrogen) atoms. The van der Waals surface area contributed by atoms with Gasteiger partial charge in [0.25, 0.3) is 5.91 Å². The molecule has 0 saturated heterocycles. The summed E-state index contributed by atoms with van der Waals surface area (Å²) in [6.07, 6.45) is 2.25. The van der Waals surface area contributed by atoms with Crippen molar-refractivity contribution in [3.8, 4) is 0 Å². The van der Waals surface area contributed by atoms with Crippen molar-refractivity contribution in [2.75, 3.05) is 11.4 Å². The summed E-state index contributed by atoms with van der Waals surface area (Å²) in [4.78, 5) is 15.0. The molecular formula is C16H17N7O. The highest BCUT2D eigenvalue weighted by Gasteiger charge is 2.33. The molecule has 1 unspecified atom stereocenters. The van der Waals surface area contributed by atoms with Crippen molar-refractivity contribution in [3.05, 3.63) is 54.0 Å². The number of nitrogens with zero attached hydrogens (tertiary/aromatic N) is 7. The zero-order valence-corrected chi connectivity index (χ0v) is 13.3. The number of amides is 1. The highest BCUT2D eigenvalue weighted by Crippen LogP contribution is 2.25. The van der Waals surface area contributed by atoms with Crippen LogP contribution in [0.5, 0.6) is 0 Å². The third-order valence-electron chi connectivity index (χ3n) is 4.28. The Labute approximate surface area is 138 Å². The number of hydrogen-bond acceptors (Lipinski definition) is 5. The van der Waals surface area contributed by atoms with Gasteiger partial charge < -0.3 is 0 Å². The van der Waals surface area contributed by atoms with Gasteiger partial charge in [-0.3, -0.25) is 9.69 Å².